The number of amides is 2. The summed E-state index contributed by atoms with van der Waals surface area (Å²) in [5, 5.41) is 2.18. The fraction of sp³-hybridized carbons (Fsp3) is 0.250. The largest absolute Gasteiger partial charge is 0.497 e. The highest BCUT2D eigenvalue weighted by molar-refractivity contribution is 6.05. The predicted molar refractivity (Wildman–Crippen MR) is 95.9 cm³/mol. The summed E-state index contributed by atoms with van der Waals surface area (Å²) in [6, 6.07) is 15.4. The van der Waals surface area contributed by atoms with Crippen LogP contribution in [-0.4, -0.2) is 31.5 Å². The summed E-state index contributed by atoms with van der Waals surface area (Å²) >= 11 is 0. The first kappa shape index (κ1) is 19.2. The van der Waals surface area contributed by atoms with Crippen molar-refractivity contribution in [2.24, 2.45) is 0 Å². The van der Waals surface area contributed by atoms with E-state index in [1.165, 1.54) is 19.2 Å². The topological polar surface area (TPSA) is 81.7 Å². The van der Waals surface area contributed by atoms with Gasteiger partial charge in [-0.3, -0.25) is 19.7 Å². The van der Waals surface area contributed by atoms with E-state index in [-0.39, 0.29) is 0 Å². The third-order valence-corrected chi connectivity index (χ3v) is 3.95. The van der Waals surface area contributed by atoms with Crippen LogP contribution in [0, 0.1) is 0 Å². The average molecular weight is 355 g/mol. The number of hydrogen-bond donors (Lipinski definition) is 1. The summed E-state index contributed by atoms with van der Waals surface area (Å²) in [6.07, 6.45) is 0. The molecule has 0 spiro atoms. The highest BCUT2D eigenvalue weighted by Gasteiger charge is 2.31. The van der Waals surface area contributed by atoms with Crippen LogP contribution < -0.4 is 10.1 Å². The molecule has 2 rings (SSSR count). The highest BCUT2D eigenvalue weighted by Crippen LogP contribution is 2.24. The number of carbonyl (C=O) groups excluding carboxylic acids is 3. The van der Waals surface area contributed by atoms with Crippen LogP contribution in [0.25, 0.3) is 0 Å². The molecule has 6 nitrogen and oxygen atoms in total. The number of esters is 1. The number of rotatable bonds is 6. The molecule has 2 amide bonds. The SMILES string of the molecule is COc1ccc(C(=O)NC(=O)COC(=O)C(C)(C)c2ccccc2)cc1. The summed E-state index contributed by atoms with van der Waals surface area (Å²) in [6.45, 7) is 2.90. The van der Waals surface area contributed by atoms with Gasteiger partial charge in [-0.25, -0.2) is 0 Å². The van der Waals surface area contributed by atoms with Crippen LogP contribution in [0.2, 0.25) is 0 Å². The number of nitrogens with one attached hydrogen (secondary N) is 1. The monoisotopic (exact) mass is 355 g/mol. The van der Waals surface area contributed by atoms with Crippen molar-refractivity contribution in [1.29, 1.82) is 0 Å². The van der Waals surface area contributed by atoms with Crippen molar-refractivity contribution >= 4 is 17.8 Å². The third kappa shape index (κ3) is 4.69. The number of hydrogen-bond acceptors (Lipinski definition) is 5. The van der Waals surface area contributed by atoms with Crippen LogP contribution in [0.4, 0.5) is 0 Å². The molecule has 0 atom stereocenters. The molecule has 2 aromatic rings. The lowest BCUT2D eigenvalue weighted by Gasteiger charge is -2.22. The van der Waals surface area contributed by atoms with Gasteiger partial charge in [-0.15, -0.1) is 0 Å². The molecule has 0 bridgehead atoms. The minimum atomic E-state index is -0.901. The second kappa shape index (κ2) is 8.29. The maximum atomic E-state index is 12.3. The Bertz CT molecular complexity index is 782. The molecule has 0 aliphatic heterocycles. The van der Waals surface area contributed by atoms with Crippen LogP contribution in [0.5, 0.6) is 5.75 Å². The molecule has 0 heterocycles. The second-order valence-electron chi connectivity index (χ2n) is 6.17. The first-order chi connectivity index (χ1) is 12.3. The Morgan fingerprint density at radius 3 is 2.15 bits per heavy atom. The molecule has 6 heteroatoms. The van der Waals surface area contributed by atoms with Crippen molar-refractivity contribution in [3.05, 3.63) is 65.7 Å². The van der Waals surface area contributed by atoms with Crippen molar-refractivity contribution in [1.82, 2.24) is 5.32 Å². The van der Waals surface area contributed by atoms with Gasteiger partial charge in [0.25, 0.3) is 11.8 Å². The molecule has 0 fully saturated rings. The van der Waals surface area contributed by atoms with Crippen LogP contribution >= 0.6 is 0 Å². The lowest BCUT2D eigenvalue weighted by molar-refractivity contribution is -0.153. The highest BCUT2D eigenvalue weighted by atomic mass is 16.5. The van der Waals surface area contributed by atoms with Crippen molar-refractivity contribution in [2.45, 2.75) is 19.3 Å². The lowest BCUT2D eigenvalue weighted by Crippen LogP contribution is -2.37. The van der Waals surface area contributed by atoms with Gasteiger partial charge in [-0.2, -0.15) is 0 Å². The van der Waals surface area contributed by atoms with Crippen molar-refractivity contribution in [2.75, 3.05) is 13.7 Å². The second-order valence-corrected chi connectivity index (χ2v) is 6.17. The van der Waals surface area contributed by atoms with Gasteiger partial charge in [-0.05, 0) is 43.7 Å². The molecule has 0 unspecified atom stereocenters. The van der Waals surface area contributed by atoms with E-state index < -0.39 is 29.8 Å². The van der Waals surface area contributed by atoms with E-state index in [0.717, 1.165) is 5.56 Å². The standard InChI is InChI=1S/C20H21NO5/c1-20(2,15-7-5-4-6-8-15)19(24)26-13-17(22)21-18(23)14-9-11-16(25-3)12-10-14/h4-12H,13H2,1-3H3,(H,21,22,23). The van der Waals surface area contributed by atoms with E-state index in [9.17, 15) is 14.4 Å². The summed E-state index contributed by atoms with van der Waals surface area (Å²) in [7, 11) is 1.52. The van der Waals surface area contributed by atoms with E-state index in [4.69, 9.17) is 9.47 Å². The maximum Gasteiger partial charge on any atom is 0.316 e. The molecule has 0 saturated carbocycles. The zero-order valence-corrected chi connectivity index (χ0v) is 14.9. The number of carbonyl (C=O) groups is 3. The summed E-state index contributed by atoms with van der Waals surface area (Å²) in [5.41, 5.74) is 0.177. The zero-order valence-electron chi connectivity index (χ0n) is 14.9. The Hall–Kier alpha value is -3.15. The first-order valence-electron chi connectivity index (χ1n) is 8.05. The van der Waals surface area contributed by atoms with Gasteiger partial charge < -0.3 is 9.47 Å². The van der Waals surface area contributed by atoms with Gasteiger partial charge in [0.15, 0.2) is 6.61 Å². The Kier molecular flexibility index (Phi) is 6.11. The lowest BCUT2D eigenvalue weighted by atomic mass is 9.85. The smallest absolute Gasteiger partial charge is 0.316 e. The molecular formula is C20H21NO5. The van der Waals surface area contributed by atoms with Crippen molar-refractivity contribution < 1.29 is 23.9 Å². The minimum absolute atomic E-state index is 0.301. The van der Waals surface area contributed by atoms with Gasteiger partial charge in [-0.1, -0.05) is 30.3 Å². The van der Waals surface area contributed by atoms with E-state index in [2.05, 4.69) is 5.32 Å². The first-order valence-corrected chi connectivity index (χ1v) is 8.05. The molecule has 2 aromatic carbocycles. The van der Waals surface area contributed by atoms with Gasteiger partial charge in [0.2, 0.25) is 0 Å². The fourth-order valence-electron chi connectivity index (χ4n) is 2.26. The molecule has 0 aliphatic rings. The number of benzene rings is 2. The summed E-state index contributed by atoms with van der Waals surface area (Å²) in [5.74, 6) is -1.21. The Morgan fingerprint density at radius 1 is 0.962 bits per heavy atom. The third-order valence-electron chi connectivity index (χ3n) is 3.95. The van der Waals surface area contributed by atoms with Gasteiger partial charge in [0, 0.05) is 5.56 Å². The molecule has 0 radical (unpaired) electrons. The molecule has 136 valence electrons. The van der Waals surface area contributed by atoms with E-state index in [1.807, 2.05) is 30.3 Å². The summed E-state index contributed by atoms with van der Waals surface area (Å²) < 4.78 is 10.1. The van der Waals surface area contributed by atoms with Crippen molar-refractivity contribution in [3.8, 4) is 5.75 Å². The van der Waals surface area contributed by atoms with Crippen LogP contribution in [-0.2, 0) is 19.7 Å². The van der Waals surface area contributed by atoms with Gasteiger partial charge in [0.1, 0.15) is 5.75 Å². The number of methoxy groups -OCH3 is 1. The number of imide groups is 1. The molecular weight excluding hydrogens is 334 g/mol. The summed E-state index contributed by atoms with van der Waals surface area (Å²) in [4.78, 5) is 36.2. The normalized spacial score (nSPS) is 10.7. The quantitative estimate of drug-likeness (QED) is 0.805. The van der Waals surface area contributed by atoms with Gasteiger partial charge in [0.05, 0.1) is 12.5 Å². The van der Waals surface area contributed by atoms with Gasteiger partial charge >= 0.3 is 5.97 Å². The van der Waals surface area contributed by atoms with E-state index >= 15 is 0 Å². The Morgan fingerprint density at radius 2 is 1.58 bits per heavy atom. The molecule has 0 aliphatic carbocycles. The predicted octanol–water partition coefficient (Wildman–Crippen LogP) is 2.47. The molecule has 0 aromatic heterocycles. The van der Waals surface area contributed by atoms with E-state index in [1.54, 1.807) is 26.0 Å². The van der Waals surface area contributed by atoms with Crippen LogP contribution in [0.3, 0.4) is 0 Å². The van der Waals surface area contributed by atoms with E-state index in [0.29, 0.717) is 11.3 Å². The van der Waals surface area contributed by atoms with Crippen molar-refractivity contribution in [3.63, 3.8) is 0 Å². The zero-order chi connectivity index (χ0) is 19.2. The molecule has 0 saturated heterocycles. The maximum absolute atomic E-state index is 12.3. The minimum Gasteiger partial charge on any atom is -0.497 e. The Labute approximate surface area is 152 Å². The van der Waals surface area contributed by atoms with Crippen LogP contribution in [0.1, 0.15) is 29.8 Å². The van der Waals surface area contributed by atoms with Crippen LogP contribution in [0.15, 0.2) is 54.6 Å². The average Bonchev–Trinajstić information content (AvgIpc) is 2.66. The fourth-order valence-corrected chi connectivity index (χ4v) is 2.26. The Balaban J connectivity index is 1.89. The number of ether oxygens (including phenoxy) is 2. The molecule has 1 N–H and O–H groups in total. The molecule has 26 heavy (non-hydrogen) atoms.